The summed E-state index contributed by atoms with van der Waals surface area (Å²) in [6.45, 7) is 5.07. The van der Waals surface area contributed by atoms with Crippen molar-refractivity contribution in [2.24, 2.45) is 11.8 Å². The number of rotatable bonds is 2. The summed E-state index contributed by atoms with van der Waals surface area (Å²) in [5.74, 6) is 1.33. The van der Waals surface area contributed by atoms with Crippen LogP contribution in [0, 0.1) is 11.8 Å². The molecule has 2 aliphatic rings. The summed E-state index contributed by atoms with van der Waals surface area (Å²) in [5, 5.41) is 0.170. The fraction of sp³-hybridized carbons (Fsp3) is 0.917. The average Bonchev–Trinajstić information content (AvgIpc) is 3.00. The van der Waals surface area contributed by atoms with Gasteiger partial charge in [-0.3, -0.25) is 4.79 Å². The minimum Gasteiger partial charge on any atom is -0.338 e. The van der Waals surface area contributed by atoms with Crippen LogP contribution in [-0.2, 0) is 4.79 Å². The molecule has 1 aliphatic heterocycles. The Morgan fingerprint density at radius 1 is 1.47 bits per heavy atom. The number of likely N-dealkylation sites (tertiary alicyclic amines) is 1. The van der Waals surface area contributed by atoms with E-state index in [1.165, 1.54) is 0 Å². The molecule has 0 N–H and O–H groups in total. The van der Waals surface area contributed by atoms with Crippen LogP contribution in [-0.4, -0.2) is 28.8 Å². The van der Waals surface area contributed by atoms with E-state index in [1.807, 2.05) is 4.90 Å². The molecular weight excluding hydrogens is 210 g/mol. The van der Waals surface area contributed by atoms with E-state index in [4.69, 9.17) is 11.6 Å². The second kappa shape index (κ2) is 4.32. The molecule has 0 bridgehead atoms. The maximum Gasteiger partial charge on any atom is 0.226 e. The van der Waals surface area contributed by atoms with E-state index in [-0.39, 0.29) is 5.38 Å². The van der Waals surface area contributed by atoms with Gasteiger partial charge in [0.2, 0.25) is 5.91 Å². The molecule has 2 fully saturated rings. The molecule has 2 nitrogen and oxygen atoms in total. The predicted octanol–water partition coefficient (Wildman–Crippen LogP) is 2.65. The first kappa shape index (κ1) is 11.3. The maximum atomic E-state index is 12.2. The Bertz CT molecular complexity index is 256. The molecule has 4 atom stereocenters. The van der Waals surface area contributed by atoms with Gasteiger partial charge in [0.1, 0.15) is 0 Å². The number of alkyl halides is 1. The zero-order valence-corrected chi connectivity index (χ0v) is 10.3. The van der Waals surface area contributed by atoms with Crippen molar-refractivity contribution in [2.45, 2.75) is 50.9 Å². The summed E-state index contributed by atoms with van der Waals surface area (Å²) in [7, 11) is 0. The highest BCUT2D eigenvalue weighted by molar-refractivity contribution is 6.21. The van der Waals surface area contributed by atoms with E-state index >= 15 is 0 Å². The molecule has 1 saturated carbocycles. The third-order valence-corrected chi connectivity index (χ3v) is 4.23. The van der Waals surface area contributed by atoms with Gasteiger partial charge in [-0.2, -0.15) is 0 Å². The van der Waals surface area contributed by atoms with Gasteiger partial charge in [-0.25, -0.2) is 0 Å². The molecule has 0 aromatic heterocycles. The smallest absolute Gasteiger partial charge is 0.226 e. The van der Waals surface area contributed by atoms with E-state index in [1.54, 1.807) is 0 Å². The number of amides is 1. The summed E-state index contributed by atoms with van der Waals surface area (Å²) in [5.41, 5.74) is 0. The number of hydrogen-bond donors (Lipinski definition) is 0. The lowest BCUT2D eigenvalue weighted by molar-refractivity contribution is -0.136. The van der Waals surface area contributed by atoms with Crippen LogP contribution in [0.2, 0.25) is 0 Å². The molecule has 0 radical (unpaired) electrons. The van der Waals surface area contributed by atoms with E-state index in [2.05, 4.69) is 13.8 Å². The second-order valence-electron chi connectivity index (χ2n) is 5.02. The fourth-order valence-corrected chi connectivity index (χ4v) is 2.86. The molecule has 2 rings (SSSR count). The van der Waals surface area contributed by atoms with E-state index < -0.39 is 0 Å². The number of piperidine rings is 1. The molecule has 4 unspecified atom stereocenters. The minimum absolute atomic E-state index is 0.170. The van der Waals surface area contributed by atoms with E-state index in [0.29, 0.717) is 23.8 Å². The molecule has 3 heteroatoms. The largest absolute Gasteiger partial charge is 0.338 e. The number of carbonyl (C=O) groups is 1. The van der Waals surface area contributed by atoms with Crippen molar-refractivity contribution < 1.29 is 4.79 Å². The Morgan fingerprint density at radius 3 is 2.80 bits per heavy atom. The zero-order chi connectivity index (χ0) is 11.0. The first-order valence-electron chi connectivity index (χ1n) is 6.08. The highest BCUT2D eigenvalue weighted by Gasteiger charge is 2.45. The molecule has 15 heavy (non-hydrogen) atoms. The van der Waals surface area contributed by atoms with Crippen molar-refractivity contribution in [1.82, 2.24) is 4.90 Å². The second-order valence-corrected chi connectivity index (χ2v) is 5.64. The van der Waals surface area contributed by atoms with Gasteiger partial charge in [-0.15, -0.1) is 11.6 Å². The molecular formula is C12H20ClNO. The molecule has 1 saturated heterocycles. The normalized spacial score (nSPS) is 40.3. The minimum atomic E-state index is 0.170. The number of hydrogen-bond acceptors (Lipinski definition) is 1. The van der Waals surface area contributed by atoms with Crippen LogP contribution in [0.25, 0.3) is 0 Å². The third-order valence-electron chi connectivity index (χ3n) is 3.87. The van der Waals surface area contributed by atoms with Crippen LogP contribution < -0.4 is 0 Å². The average molecular weight is 230 g/mol. The van der Waals surface area contributed by atoms with E-state index in [0.717, 1.165) is 32.2 Å². The van der Waals surface area contributed by atoms with Crippen molar-refractivity contribution >= 4 is 17.5 Å². The Labute approximate surface area is 97.0 Å². The fourth-order valence-electron chi connectivity index (χ4n) is 2.58. The number of halogens is 1. The summed E-state index contributed by atoms with van der Waals surface area (Å²) in [4.78, 5) is 14.2. The maximum absolute atomic E-state index is 12.2. The lowest BCUT2D eigenvalue weighted by atomic mass is 10.0. The third kappa shape index (κ3) is 2.30. The van der Waals surface area contributed by atoms with Gasteiger partial charge in [0, 0.05) is 18.5 Å². The number of carbonyl (C=O) groups excluding carboxylic acids is 1. The molecule has 1 amide bonds. The van der Waals surface area contributed by atoms with E-state index in [9.17, 15) is 4.79 Å². The van der Waals surface area contributed by atoms with Crippen LogP contribution >= 0.6 is 11.6 Å². The lowest BCUT2D eigenvalue weighted by Gasteiger charge is -2.36. The van der Waals surface area contributed by atoms with Crippen molar-refractivity contribution in [3.05, 3.63) is 0 Å². The molecule has 1 heterocycles. The Balaban J connectivity index is 1.94. The van der Waals surface area contributed by atoms with Gasteiger partial charge in [0.25, 0.3) is 0 Å². The van der Waals surface area contributed by atoms with Crippen molar-refractivity contribution in [1.29, 1.82) is 0 Å². The van der Waals surface area contributed by atoms with Gasteiger partial charge >= 0.3 is 0 Å². The molecule has 86 valence electrons. The summed E-state index contributed by atoms with van der Waals surface area (Å²) < 4.78 is 0. The van der Waals surface area contributed by atoms with Crippen LogP contribution in [0.4, 0.5) is 0 Å². The van der Waals surface area contributed by atoms with Crippen molar-refractivity contribution in [3.8, 4) is 0 Å². The summed E-state index contributed by atoms with van der Waals surface area (Å²) in [6, 6.07) is 0.394. The van der Waals surface area contributed by atoms with Crippen LogP contribution in [0.5, 0.6) is 0 Å². The van der Waals surface area contributed by atoms with Gasteiger partial charge in [0.15, 0.2) is 0 Å². The summed E-state index contributed by atoms with van der Waals surface area (Å²) >= 11 is 6.12. The Kier molecular flexibility index (Phi) is 3.24. The predicted molar refractivity (Wildman–Crippen MR) is 61.9 cm³/mol. The van der Waals surface area contributed by atoms with Crippen LogP contribution in [0.1, 0.15) is 39.5 Å². The Morgan fingerprint density at radius 2 is 2.20 bits per heavy atom. The highest BCUT2D eigenvalue weighted by atomic mass is 35.5. The standard InChI is InChI=1S/C12H20ClNO/c1-3-9-6-11(9)12(15)14-7-10(13)5-4-8(14)2/h8-11H,3-7H2,1-2H3. The van der Waals surface area contributed by atoms with Crippen molar-refractivity contribution in [3.63, 3.8) is 0 Å². The Hall–Kier alpha value is -0.240. The lowest BCUT2D eigenvalue weighted by Crippen LogP contribution is -2.46. The van der Waals surface area contributed by atoms with Gasteiger partial charge in [0.05, 0.1) is 5.38 Å². The van der Waals surface area contributed by atoms with Crippen molar-refractivity contribution in [2.75, 3.05) is 6.54 Å². The molecule has 0 aromatic rings. The topological polar surface area (TPSA) is 20.3 Å². The number of nitrogens with zero attached hydrogens (tertiary/aromatic N) is 1. The first-order chi connectivity index (χ1) is 7.13. The molecule has 0 spiro atoms. The van der Waals surface area contributed by atoms with Gasteiger partial charge < -0.3 is 4.90 Å². The molecule has 0 aromatic carbocycles. The summed E-state index contributed by atoms with van der Waals surface area (Å²) in [6.07, 6.45) is 4.35. The SMILES string of the molecule is CCC1CC1C(=O)N1CC(Cl)CCC1C. The van der Waals surface area contributed by atoms with Gasteiger partial charge in [-0.05, 0) is 32.1 Å². The van der Waals surface area contributed by atoms with Gasteiger partial charge in [-0.1, -0.05) is 13.3 Å². The zero-order valence-electron chi connectivity index (χ0n) is 9.58. The highest BCUT2D eigenvalue weighted by Crippen LogP contribution is 2.43. The monoisotopic (exact) mass is 229 g/mol. The quantitative estimate of drug-likeness (QED) is 0.667. The van der Waals surface area contributed by atoms with Crippen LogP contribution in [0.15, 0.2) is 0 Å². The molecule has 1 aliphatic carbocycles. The van der Waals surface area contributed by atoms with Crippen LogP contribution in [0.3, 0.4) is 0 Å². The first-order valence-corrected chi connectivity index (χ1v) is 6.51.